The average Bonchev–Trinajstić information content (AvgIpc) is 2.97. The molecule has 0 aliphatic carbocycles. The highest BCUT2D eigenvalue weighted by molar-refractivity contribution is 5.69. The SMILES string of the molecule is COc1ccc(-c2noc(-c3ccncc3N)n2)nn1. The zero-order valence-corrected chi connectivity index (χ0v) is 10.5. The van der Waals surface area contributed by atoms with E-state index in [1.807, 2.05) is 0 Å². The molecular weight excluding hydrogens is 260 g/mol. The summed E-state index contributed by atoms with van der Waals surface area (Å²) in [5.74, 6) is 1.04. The van der Waals surface area contributed by atoms with Gasteiger partial charge in [-0.05, 0) is 12.1 Å². The predicted molar refractivity (Wildman–Crippen MR) is 69.5 cm³/mol. The van der Waals surface area contributed by atoms with Crippen LogP contribution in [0, 0.1) is 0 Å². The van der Waals surface area contributed by atoms with E-state index < -0.39 is 0 Å². The van der Waals surface area contributed by atoms with Gasteiger partial charge in [-0.15, -0.1) is 10.2 Å². The molecule has 3 heterocycles. The molecule has 0 saturated carbocycles. The van der Waals surface area contributed by atoms with Crippen LogP contribution in [0.2, 0.25) is 0 Å². The fraction of sp³-hybridized carbons (Fsp3) is 0.0833. The number of anilines is 1. The highest BCUT2D eigenvalue weighted by Crippen LogP contribution is 2.25. The topological polar surface area (TPSA) is 113 Å². The number of hydrogen-bond donors (Lipinski definition) is 1. The fourth-order valence-corrected chi connectivity index (χ4v) is 1.59. The minimum atomic E-state index is 0.303. The minimum Gasteiger partial charge on any atom is -0.480 e. The Kier molecular flexibility index (Phi) is 2.96. The number of pyridine rings is 1. The second-order valence-electron chi connectivity index (χ2n) is 3.85. The molecule has 3 aromatic heterocycles. The van der Waals surface area contributed by atoms with Crippen LogP contribution in [0.15, 0.2) is 35.1 Å². The molecule has 0 atom stereocenters. The van der Waals surface area contributed by atoms with Gasteiger partial charge in [-0.3, -0.25) is 4.98 Å². The molecule has 0 aliphatic rings. The third kappa shape index (κ3) is 2.14. The summed E-state index contributed by atoms with van der Waals surface area (Å²) in [6.07, 6.45) is 3.12. The van der Waals surface area contributed by atoms with Gasteiger partial charge in [0.1, 0.15) is 5.69 Å². The highest BCUT2D eigenvalue weighted by atomic mass is 16.5. The maximum absolute atomic E-state index is 5.80. The zero-order valence-electron chi connectivity index (χ0n) is 10.5. The summed E-state index contributed by atoms with van der Waals surface area (Å²) in [5.41, 5.74) is 7.37. The Morgan fingerprint density at radius 2 is 2.10 bits per heavy atom. The molecule has 0 fully saturated rings. The first-order valence-electron chi connectivity index (χ1n) is 5.69. The molecule has 100 valence electrons. The Labute approximate surface area is 113 Å². The second kappa shape index (κ2) is 4.92. The molecule has 0 spiro atoms. The van der Waals surface area contributed by atoms with Crippen LogP contribution < -0.4 is 10.5 Å². The van der Waals surface area contributed by atoms with E-state index in [0.29, 0.717) is 34.5 Å². The van der Waals surface area contributed by atoms with Crippen LogP contribution in [0.25, 0.3) is 23.0 Å². The number of aromatic nitrogens is 5. The summed E-state index contributed by atoms with van der Waals surface area (Å²) < 4.78 is 10.1. The van der Waals surface area contributed by atoms with Crippen molar-refractivity contribution in [2.45, 2.75) is 0 Å². The molecule has 0 aliphatic heterocycles. The zero-order chi connectivity index (χ0) is 13.9. The molecule has 3 rings (SSSR count). The summed E-state index contributed by atoms with van der Waals surface area (Å²) in [6, 6.07) is 5.06. The Morgan fingerprint density at radius 1 is 1.20 bits per heavy atom. The van der Waals surface area contributed by atoms with Gasteiger partial charge >= 0.3 is 0 Å². The Hall–Kier alpha value is -3.03. The first-order chi connectivity index (χ1) is 9.78. The summed E-state index contributed by atoms with van der Waals surface area (Å²) in [7, 11) is 1.52. The number of rotatable bonds is 3. The normalized spacial score (nSPS) is 10.4. The van der Waals surface area contributed by atoms with Crippen LogP contribution in [-0.2, 0) is 0 Å². The molecule has 3 aromatic rings. The number of hydrogen-bond acceptors (Lipinski definition) is 8. The molecule has 0 aromatic carbocycles. The second-order valence-corrected chi connectivity index (χ2v) is 3.85. The largest absolute Gasteiger partial charge is 0.480 e. The van der Waals surface area contributed by atoms with E-state index in [2.05, 4.69) is 25.3 Å². The number of methoxy groups -OCH3 is 1. The number of nitrogens with zero attached hydrogens (tertiary/aromatic N) is 5. The molecule has 8 nitrogen and oxygen atoms in total. The standard InChI is InChI=1S/C12H10N6O2/c1-19-10-3-2-9(16-17-10)11-15-12(20-18-11)7-4-5-14-6-8(7)13/h2-6H,13H2,1H3. The van der Waals surface area contributed by atoms with E-state index in [-0.39, 0.29) is 0 Å². The van der Waals surface area contributed by atoms with Crippen LogP contribution in [0.4, 0.5) is 5.69 Å². The van der Waals surface area contributed by atoms with E-state index in [1.165, 1.54) is 13.3 Å². The molecule has 0 bridgehead atoms. The van der Waals surface area contributed by atoms with Crippen LogP contribution in [0.3, 0.4) is 0 Å². The Bertz CT molecular complexity index is 725. The van der Waals surface area contributed by atoms with Crippen molar-refractivity contribution in [2.75, 3.05) is 12.8 Å². The number of nitrogen functional groups attached to an aromatic ring is 1. The third-order valence-electron chi connectivity index (χ3n) is 2.59. The molecule has 0 radical (unpaired) electrons. The molecular formula is C12H10N6O2. The van der Waals surface area contributed by atoms with E-state index in [0.717, 1.165) is 0 Å². The van der Waals surface area contributed by atoms with Gasteiger partial charge in [-0.2, -0.15) is 4.98 Å². The van der Waals surface area contributed by atoms with Gasteiger partial charge in [-0.1, -0.05) is 5.16 Å². The lowest BCUT2D eigenvalue weighted by molar-refractivity contribution is 0.392. The number of ether oxygens (including phenoxy) is 1. The van der Waals surface area contributed by atoms with Crippen LogP contribution >= 0.6 is 0 Å². The van der Waals surface area contributed by atoms with Crippen LogP contribution in [-0.4, -0.2) is 32.4 Å². The summed E-state index contributed by atoms with van der Waals surface area (Å²) in [4.78, 5) is 8.14. The van der Waals surface area contributed by atoms with Gasteiger partial charge in [0.15, 0.2) is 0 Å². The van der Waals surface area contributed by atoms with E-state index >= 15 is 0 Å². The molecule has 0 saturated heterocycles. The van der Waals surface area contributed by atoms with Crippen LogP contribution in [0.1, 0.15) is 0 Å². The maximum atomic E-state index is 5.80. The van der Waals surface area contributed by atoms with Crippen molar-refractivity contribution in [2.24, 2.45) is 0 Å². The van der Waals surface area contributed by atoms with Crippen molar-refractivity contribution >= 4 is 5.69 Å². The Morgan fingerprint density at radius 3 is 2.80 bits per heavy atom. The lowest BCUT2D eigenvalue weighted by Gasteiger charge is -1.97. The van der Waals surface area contributed by atoms with E-state index in [1.54, 1.807) is 24.4 Å². The summed E-state index contributed by atoms with van der Waals surface area (Å²) in [5, 5.41) is 11.6. The lowest BCUT2D eigenvalue weighted by atomic mass is 10.2. The van der Waals surface area contributed by atoms with Gasteiger partial charge in [0.2, 0.25) is 11.7 Å². The van der Waals surface area contributed by atoms with Crippen LogP contribution in [0.5, 0.6) is 5.88 Å². The molecule has 0 unspecified atom stereocenters. The fourth-order valence-electron chi connectivity index (χ4n) is 1.59. The molecule has 2 N–H and O–H groups in total. The number of nitrogens with two attached hydrogens (primary N) is 1. The first-order valence-corrected chi connectivity index (χ1v) is 5.69. The van der Waals surface area contributed by atoms with E-state index in [4.69, 9.17) is 15.0 Å². The molecule has 8 heteroatoms. The highest BCUT2D eigenvalue weighted by Gasteiger charge is 2.14. The Balaban J connectivity index is 1.95. The third-order valence-corrected chi connectivity index (χ3v) is 2.59. The van der Waals surface area contributed by atoms with Gasteiger partial charge in [0.25, 0.3) is 5.89 Å². The first kappa shape index (κ1) is 12.0. The predicted octanol–water partition coefficient (Wildman–Crippen LogP) is 1.18. The van der Waals surface area contributed by atoms with Crippen molar-refractivity contribution in [3.63, 3.8) is 0 Å². The smallest absolute Gasteiger partial charge is 0.260 e. The monoisotopic (exact) mass is 270 g/mol. The maximum Gasteiger partial charge on any atom is 0.260 e. The summed E-state index contributed by atoms with van der Waals surface area (Å²) in [6.45, 7) is 0. The van der Waals surface area contributed by atoms with E-state index in [9.17, 15) is 0 Å². The van der Waals surface area contributed by atoms with Crippen molar-refractivity contribution in [1.29, 1.82) is 0 Å². The molecule has 20 heavy (non-hydrogen) atoms. The average molecular weight is 270 g/mol. The lowest BCUT2D eigenvalue weighted by Crippen LogP contribution is -1.93. The van der Waals surface area contributed by atoms with Gasteiger partial charge < -0.3 is 15.0 Å². The van der Waals surface area contributed by atoms with Crippen molar-refractivity contribution in [3.8, 4) is 28.9 Å². The van der Waals surface area contributed by atoms with Crippen molar-refractivity contribution in [1.82, 2.24) is 25.3 Å². The van der Waals surface area contributed by atoms with Crippen molar-refractivity contribution in [3.05, 3.63) is 30.6 Å². The minimum absolute atomic E-state index is 0.303. The quantitative estimate of drug-likeness (QED) is 0.754. The molecule has 0 amide bonds. The van der Waals surface area contributed by atoms with Gasteiger partial charge in [0.05, 0.1) is 24.6 Å². The van der Waals surface area contributed by atoms with Gasteiger partial charge in [-0.25, -0.2) is 0 Å². The van der Waals surface area contributed by atoms with Crippen molar-refractivity contribution < 1.29 is 9.26 Å². The van der Waals surface area contributed by atoms with Gasteiger partial charge in [0, 0.05) is 12.3 Å². The summed E-state index contributed by atoms with van der Waals surface area (Å²) >= 11 is 0.